The van der Waals surface area contributed by atoms with E-state index in [1.807, 2.05) is 54.6 Å². The Kier molecular flexibility index (Phi) is 3.69. The number of hydrogen-bond donors (Lipinski definition) is 0. The van der Waals surface area contributed by atoms with Gasteiger partial charge in [-0.3, -0.25) is 4.57 Å². The predicted octanol–water partition coefficient (Wildman–Crippen LogP) is 2.51. The van der Waals surface area contributed by atoms with Crippen LogP contribution in [-0.2, 0) is 14.0 Å². The maximum Gasteiger partial charge on any atom is 0.185 e. The third-order valence-corrected chi connectivity index (χ3v) is 4.63. The van der Waals surface area contributed by atoms with Gasteiger partial charge in [-0.05, 0) is 18.2 Å². The van der Waals surface area contributed by atoms with E-state index in [4.69, 9.17) is 9.47 Å². The number of hydrogen-bond acceptors (Lipinski definition) is 3. The molecular weight excluding hydrogens is 259 g/mol. The monoisotopic (exact) mass is 273 g/mol. The van der Waals surface area contributed by atoms with Gasteiger partial charge in [-0.15, -0.1) is 0 Å². The van der Waals surface area contributed by atoms with E-state index in [-0.39, 0.29) is 6.29 Å². The average molecular weight is 273 g/mol. The second-order valence-corrected chi connectivity index (χ2v) is 5.85. The van der Waals surface area contributed by atoms with Crippen LogP contribution < -0.4 is 10.6 Å². The molecule has 0 amide bonds. The minimum Gasteiger partial charge on any atom is -0.346 e. The lowest BCUT2D eigenvalue weighted by atomic mass is 10.2. The topological polar surface area (TPSA) is 35.5 Å². The van der Waals surface area contributed by atoms with E-state index in [0.29, 0.717) is 13.2 Å². The third-order valence-electron chi connectivity index (χ3n) is 3.02. The molecule has 4 heteroatoms. The van der Waals surface area contributed by atoms with Crippen molar-refractivity contribution in [1.29, 1.82) is 0 Å². The molecule has 2 aromatic carbocycles. The highest BCUT2D eigenvalue weighted by molar-refractivity contribution is 7.61. The van der Waals surface area contributed by atoms with Gasteiger partial charge in [0.25, 0.3) is 0 Å². The Morgan fingerprint density at radius 3 is 2.26 bits per heavy atom. The van der Waals surface area contributed by atoms with Crippen LogP contribution in [0.4, 0.5) is 0 Å². The van der Waals surface area contributed by atoms with Crippen LogP contribution in [0, 0.1) is 0 Å². The maximum atomic E-state index is 12.7. The molecule has 1 saturated heterocycles. The van der Waals surface area contributed by atoms with Gasteiger partial charge < -0.3 is 9.47 Å². The van der Waals surface area contributed by atoms with Crippen LogP contribution in [0.1, 0.15) is 11.9 Å². The fraction of sp³-hybridized carbons (Fsp3) is 0.200. The van der Waals surface area contributed by atoms with E-state index in [0.717, 1.165) is 16.2 Å². The van der Waals surface area contributed by atoms with Gasteiger partial charge in [-0.25, -0.2) is 0 Å². The summed E-state index contributed by atoms with van der Waals surface area (Å²) in [6.45, 7) is 1.17. The number of ether oxygens (including phenoxy) is 2. The summed E-state index contributed by atoms with van der Waals surface area (Å²) < 4.78 is 23.7. The first-order chi connectivity index (χ1) is 9.36. The van der Waals surface area contributed by atoms with Crippen molar-refractivity contribution in [2.24, 2.45) is 0 Å². The highest BCUT2D eigenvalue weighted by atomic mass is 31.1. The Hall–Kier alpha value is -1.54. The number of rotatable bonds is 3. The van der Waals surface area contributed by atoms with Crippen LogP contribution in [0.3, 0.4) is 0 Å². The molecule has 1 atom stereocenters. The lowest BCUT2D eigenvalue weighted by Gasteiger charge is -2.13. The minimum absolute atomic E-state index is 0.390. The Morgan fingerprint density at radius 1 is 0.895 bits per heavy atom. The van der Waals surface area contributed by atoms with Gasteiger partial charge >= 0.3 is 0 Å². The summed E-state index contributed by atoms with van der Waals surface area (Å²) >= 11 is 0. The molecule has 3 rings (SSSR count). The van der Waals surface area contributed by atoms with Crippen LogP contribution in [0.25, 0.3) is 0 Å². The summed E-state index contributed by atoms with van der Waals surface area (Å²) in [7, 11) is -1.62. The van der Waals surface area contributed by atoms with Gasteiger partial charge in [0.15, 0.2) is 6.29 Å². The van der Waals surface area contributed by atoms with Crippen molar-refractivity contribution in [2.75, 3.05) is 13.2 Å². The Labute approximate surface area is 113 Å². The van der Waals surface area contributed by atoms with Crippen molar-refractivity contribution in [3.05, 3.63) is 60.2 Å². The molecule has 0 saturated carbocycles. The first kappa shape index (κ1) is 12.5. The third kappa shape index (κ3) is 2.59. The quantitative estimate of drug-likeness (QED) is 0.806. The summed E-state index contributed by atoms with van der Waals surface area (Å²) in [5, 5.41) is 1.61. The molecule has 0 N–H and O–H groups in total. The molecule has 1 unspecified atom stereocenters. The first-order valence-electron chi connectivity index (χ1n) is 6.21. The Bertz CT molecular complexity index is 577. The molecule has 1 heterocycles. The summed E-state index contributed by atoms with van der Waals surface area (Å²) in [6.07, 6.45) is -0.390. The van der Waals surface area contributed by atoms with E-state index < -0.39 is 7.80 Å². The van der Waals surface area contributed by atoms with Crippen molar-refractivity contribution in [1.82, 2.24) is 0 Å². The molecule has 1 aliphatic rings. The molecule has 1 radical (unpaired) electrons. The van der Waals surface area contributed by atoms with E-state index >= 15 is 0 Å². The normalized spacial score (nSPS) is 16.5. The fourth-order valence-electron chi connectivity index (χ4n) is 2.11. The van der Waals surface area contributed by atoms with Crippen LogP contribution in [0.2, 0.25) is 0 Å². The van der Waals surface area contributed by atoms with Crippen LogP contribution in [0.15, 0.2) is 54.6 Å². The van der Waals surface area contributed by atoms with Gasteiger partial charge in [0.1, 0.15) is 7.80 Å². The standard InChI is InChI=1S/C15H14O3P/c16-19(12-6-2-1-3-7-12)14-9-5-4-8-13(14)15-17-10-11-18-15/h1-9,15H,10-11H2. The van der Waals surface area contributed by atoms with Crippen molar-refractivity contribution < 1.29 is 14.0 Å². The lowest BCUT2D eigenvalue weighted by Crippen LogP contribution is -2.15. The number of benzene rings is 2. The van der Waals surface area contributed by atoms with Crippen molar-refractivity contribution >= 4 is 18.4 Å². The SMILES string of the molecule is O=[P](c1ccccc1)c1ccccc1C1OCCO1. The maximum absolute atomic E-state index is 12.7. The zero-order valence-corrected chi connectivity index (χ0v) is 11.3. The van der Waals surface area contributed by atoms with Crippen LogP contribution in [0.5, 0.6) is 0 Å². The van der Waals surface area contributed by atoms with Crippen molar-refractivity contribution in [2.45, 2.75) is 6.29 Å². The smallest absolute Gasteiger partial charge is 0.185 e. The summed E-state index contributed by atoms with van der Waals surface area (Å²) in [5.74, 6) is 0. The van der Waals surface area contributed by atoms with Crippen LogP contribution in [-0.4, -0.2) is 13.2 Å². The fourth-order valence-corrected chi connectivity index (χ4v) is 3.47. The Balaban J connectivity index is 1.98. The Morgan fingerprint density at radius 2 is 1.53 bits per heavy atom. The van der Waals surface area contributed by atoms with Gasteiger partial charge in [-0.2, -0.15) is 0 Å². The van der Waals surface area contributed by atoms with Crippen molar-refractivity contribution in [3.8, 4) is 0 Å². The largest absolute Gasteiger partial charge is 0.346 e. The molecule has 97 valence electrons. The minimum atomic E-state index is -1.62. The molecule has 3 nitrogen and oxygen atoms in total. The molecule has 0 aromatic heterocycles. The van der Waals surface area contributed by atoms with Crippen LogP contribution >= 0.6 is 7.80 Å². The molecule has 2 aromatic rings. The summed E-state index contributed by atoms with van der Waals surface area (Å²) in [5.41, 5.74) is 0.866. The van der Waals surface area contributed by atoms with E-state index in [1.165, 1.54) is 0 Å². The molecule has 19 heavy (non-hydrogen) atoms. The molecular formula is C15H14O3P. The molecule has 1 aliphatic heterocycles. The molecule has 1 fully saturated rings. The van der Waals surface area contributed by atoms with Gasteiger partial charge in [0, 0.05) is 16.2 Å². The zero-order valence-electron chi connectivity index (χ0n) is 10.4. The zero-order chi connectivity index (χ0) is 13.1. The second kappa shape index (κ2) is 5.62. The van der Waals surface area contributed by atoms with Gasteiger partial charge in [0.05, 0.1) is 13.2 Å². The van der Waals surface area contributed by atoms with E-state index in [2.05, 4.69) is 0 Å². The second-order valence-electron chi connectivity index (χ2n) is 4.26. The molecule has 0 bridgehead atoms. The van der Waals surface area contributed by atoms with Gasteiger partial charge in [0.2, 0.25) is 0 Å². The van der Waals surface area contributed by atoms with E-state index in [9.17, 15) is 4.57 Å². The van der Waals surface area contributed by atoms with Crippen molar-refractivity contribution in [3.63, 3.8) is 0 Å². The predicted molar refractivity (Wildman–Crippen MR) is 74.4 cm³/mol. The van der Waals surface area contributed by atoms with E-state index in [1.54, 1.807) is 0 Å². The lowest BCUT2D eigenvalue weighted by molar-refractivity contribution is -0.0433. The average Bonchev–Trinajstić information content (AvgIpc) is 3.01. The summed E-state index contributed by atoms with van der Waals surface area (Å²) in [6, 6.07) is 17.1. The van der Waals surface area contributed by atoms with Gasteiger partial charge in [-0.1, -0.05) is 36.4 Å². The first-order valence-corrected chi connectivity index (χ1v) is 7.46. The summed E-state index contributed by atoms with van der Waals surface area (Å²) in [4.78, 5) is 0. The highest BCUT2D eigenvalue weighted by Crippen LogP contribution is 2.28. The molecule has 0 aliphatic carbocycles. The molecule has 0 spiro atoms. The highest BCUT2D eigenvalue weighted by Gasteiger charge is 2.23.